The van der Waals surface area contributed by atoms with Crippen LogP contribution in [0.4, 0.5) is 5.69 Å². The zero-order valence-corrected chi connectivity index (χ0v) is 18.7. The zero-order chi connectivity index (χ0) is 22.4. The van der Waals surface area contributed by atoms with Gasteiger partial charge in [0, 0.05) is 29.7 Å². The predicted molar refractivity (Wildman–Crippen MR) is 119 cm³/mol. The number of anilines is 1. The lowest BCUT2D eigenvalue weighted by Gasteiger charge is -2.25. The Morgan fingerprint density at radius 1 is 1.19 bits per heavy atom. The smallest absolute Gasteiger partial charge is 0.257 e. The number of primary sulfonamides is 1. The first-order valence-corrected chi connectivity index (χ1v) is 11.7. The van der Waals surface area contributed by atoms with Gasteiger partial charge in [0.05, 0.1) is 5.54 Å². The van der Waals surface area contributed by atoms with Crippen LogP contribution >= 0.6 is 0 Å². The molecule has 31 heavy (non-hydrogen) atoms. The number of ether oxygens (including phenoxy) is 1. The van der Waals surface area contributed by atoms with Crippen molar-refractivity contribution in [2.24, 2.45) is 5.14 Å². The summed E-state index contributed by atoms with van der Waals surface area (Å²) in [7, 11) is -3.86. The van der Waals surface area contributed by atoms with Gasteiger partial charge in [0.25, 0.3) is 10.0 Å². The summed E-state index contributed by atoms with van der Waals surface area (Å²) in [6.45, 7) is 6.01. The topological polar surface area (TPSA) is 126 Å². The fourth-order valence-electron chi connectivity index (χ4n) is 3.92. The molecule has 0 atom stereocenters. The van der Waals surface area contributed by atoms with Crippen molar-refractivity contribution in [3.05, 3.63) is 53.3 Å². The average Bonchev–Trinajstić information content (AvgIpc) is 3.38. The van der Waals surface area contributed by atoms with E-state index < -0.39 is 15.6 Å². The van der Waals surface area contributed by atoms with Gasteiger partial charge in [-0.1, -0.05) is 12.1 Å². The van der Waals surface area contributed by atoms with Gasteiger partial charge in [-0.15, -0.1) is 0 Å². The van der Waals surface area contributed by atoms with Crippen molar-refractivity contribution in [3.63, 3.8) is 0 Å². The van der Waals surface area contributed by atoms with E-state index in [1.165, 1.54) is 21.9 Å². The van der Waals surface area contributed by atoms with Crippen LogP contribution in [0.15, 0.2) is 41.7 Å². The van der Waals surface area contributed by atoms with Gasteiger partial charge in [0.15, 0.2) is 5.03 Å². The minimum atomic E-state index is -3.86. The van der Waals surface area contributed by atoms with E-state index in [9.17, 15) is 8.42 Å². The normalized spacial score (nSPS) is 13.9. The zero-order valence-electron chi connectivity index (χ0n) is 17.9. The molecule has 0 aliphatic heterocycles. The van der Waals surface area contributed by atoms with E-state index >= 15 is 0 Å². The van der Waals surface area contributed by atoms with Gasteiger partial charge < -0.3 is 10.5 Å². The fourth-order valence-corrected chi connectivity index (χ4v) is 4.37. The first-order chi connectivity index (χ1) is 14.6. The van der Waals surface area contributed by atoms with Gasteiger partial charge in [-0.25, -0.2) is 18.5 Å². The molecular weight excluding hydrogens is 414 g/mol. The van der Waals surface area contributed by atoms with E-state index in [2.05, 4.69) is 22.2 Å². The summed E-state index contributed by atoms with van der Waals surface area (Å²) in [5, 5.41) is 9.05. The number of hydrogen-bond donors (Lipinski definition) is 2. The van der Waals surface area contributed by atoms with E-state index in [1.54, 1.807) is 12.4 Å². The van der Waals surface area contributed by atoms with Crippen LogP contribution in [0.5, 0.6) is 5.88 Å². The van der Waals surface area contributed by atoms with Crippen molar-refractivity contribution in [3.8, 4) is 17.0 Å². The number of aromatic nitrogens is 3. The molecule has 0 fully saturated rings. The summed E-state index contributed by atoms with van der Waals surface area (Å²) in [5.41, 5.74) is 12.3. The number of nitrogen functional groups attached to an aromatic ring is 1. The fraction of sp³-hybridized carbons (Fsp3) is 0.364. The Labute approximate surface area is 182 Å². The molecule has 2 heterocycles. The van der Waals surface area contributed by atoms with E-state index in [1.807, 2.05) is 26.8 Å². The summed E-state index contributed by atoms with van der Waals surface area (Å²) in [6.07, 6.45) is 6.59. The number of benzene rings is 1. The van der Waals surface area contributed by atoms with E-state index in [4.69, 9.17) is 15.6 Å². The van der Waals surface area contributed by atoms with Crippen molar-refractivity contribution in [1.29, 1.82) is 0 Å². The lowest BCUT2D eigenvalue weighted by Crippen LogP contribution is -2.34. The Bertz CT molecular complexity index is 1250. The third kappa shape index (κ3) is 4.15. The second kappa shape index (κ2) is 7.65. The van der Waals surface area contributed by atoms with Crippen LogP contribution in [-0.4, -0.2) is 29.8 Å². The summed E-state index contributed by atoms with van der Waals surface area (Å²) in [6, 6.07) is 7.51. The van der Waals surface area contributed by atoms with Gasteiger partial charge in [0.1, 0.15) is 6.61 Å². The first-order valence-electron chi connectivity index (χ1n) is 10.2. The first kappa shape index (κ1) is 21.3. The molecule has 1 aliphatic rings. The van der Waals surface area contributed by atoms with Crippen molar-refractivity contribution < 1.29 is 13.2 Å². The van der Waals surface area contributed by atoms with Crippen LogP contribution in [0, 0.1) is 6.92 Å². The minimum Gasteiger partial charge on any atom is -0.475 e. The average molecular weight is 442 g/mol. The molecule has 2 aromatic heterocycles. The molecule has 0 radical (unpaired) electrons. The second-order valence-electron chi connectivity index (χ2n) is 8.60. The molecule has 0 saturated carbocycles. The van der Waals surface area contributed by atoms with Crippen molar-refractivity contribution in [2.45, 2.75) is 50.6 Å². The SMILES string of the molecule is Cc1cnc(OCC(C)(C)n2ccc(S(N)(=O)=O)n2)cc1-c1ccc2c(c1N)CCC2. The van der Waals surface area contributed by atoms with E-state index in [0.717, 1.165) is 41.6 Å². The van der Waals surface area contributed by atoms with Gasteiger partial charge in [-0.3, -0.25) is 4.68 Å². The van der Waals surface area contributed by atoms with Crippen LogP contribution in [0.25, 0.3) is 11.1 Å². The standard InChI is InChI=1S/C22H27N5O3S/c1-14-12-25-19(11-18(14)17-8-7-15-5-4-6-16(15)21(17)23)30-13-22(2,3)27-10-9-20(26-27)31(24,28)29/h7-12H,4-6,13,23H2,1-3H3,(H2,24,28,29). The van der Waals surface area contributed by atoms with Gasteiger partial charge in [-0.2, -0.15) is 5.10 Å². The molecular formula is C22H27N5O3S. The molecule has 1 aromatic carbocycles. The summed E-state index contributed by atoms with van der Waals surface area (Å²) in [5.74, 6) is 0.465. The summed E-state index contributed by atoms with van der Waals surface area (Å²) >= 11 is 0. The molecule has 3 aromatic rings. The number of pyridine rings is 1. The summed E-state index contributed by atoms with van der Waals surface area (Å²) in [4.78, 5) is 4.40. The molecule has 1 aliphatic carbocycles. The molecule has 4 N–H and O–H groups in total. The number of hydrogen-bond acceptors (Lipinski definition) is 6. The van der Waals surface area contributed by atoms with Gasteiger partial charge >= 0.3 is 0 Å². The number of nitrogens with zero attached hydrogens (tertiary/aromatic N) is 3. The largest absolute Gasteiger partial charge is 0.475 e. The molecule has 4 rings (SSSR count). The third-order valence-electron chi connectivity index (χ3n) is 5.74. The Morgan fingerprint density at radius 2 is 1.97 bits per heavy atom. The van der Waals surface area contributed by atoms with Gasteiger partial charge in [-0.05, 0) is 68.4 Å². The van der Waals surface area contributed by atoms with Crippen LogP contribution in [0.2, 0.25) is 0 Å². The highest BCUT2D eigenvalue weighted by atomic mass is 32.2. The van der Waals surface area contributed by atoms with Crippen LogP contribution in [0.1, 0.15) is 37.0 Å². The molecule has 0 amide bonds. The monoisotopic (exact) mass is 441 g/mol. The van der Waals surface area contributed by atoms with Gasteiger partial charge in [0.2, 0.25) is 5.88 Å². The Balaban J connectivity index is 1.57. The molecule has 0 unspecified atom stereocenters. The Kier molecular flexibility index (Phi) is 5.26. The number of nitrogens with two attached hydrogens (primary N) is 2. The molecule has 8 nitrogen and oxygen atoms in total. The maximum absolute atomic E-state index is 11.5. The third-order valence-corrected chi connectivity index (χ3v) is 6.55. The minimum absolute atomic E-state index is 0.177. The molecule has 164 valence electrons. The van der Waals surface area contributed by atoms with E-state index in [-0.39, 0.29) is 11.6 Å². The number of rotatable bonds is 6. The number of aryl methyl sites for hydroxylation is 2. The summed E-state index contributed by atoms with van der Waals surface area (Å²) < 4.78 is 30.5. The van der Waals surface area contributed by atoms with Crippen LogP contribution in [0.3, 0.4) is 0 Å². The lowest BCUT2D eigenvalue weighted by atomic mass is 9.96. The molecule has 0 saturated heterocycles. The van der Waals surface area contributed by atoms with Crippen molar-refractivity contribution in [2.75, 3.05) is 12.3 Å². The highest BCUT2D eigenvalue weighted by Gasteiger charge is 2.25. The second-order valence-corrected chi connectivity index (χ2v) is 10.1. The molecule has 0 bridgehead atoms. The molecule has 0 spiro atoms. The van der Waals surface area contributed by atoms with Crippen molar-refractivity contribution in [1.82, 2.24) is 14.8 Å². The maximum Gasteiger partial charge on any atom is 0.257 e. The number of sulfonamides is 1. The molecule has 9 heteroatoms. The Hall–Kier alpha value is -2.91. The highest BCUT2D eigenvalue weighted by Crippen LogP contribution is 2.37. The lowest BCUT2D eigenvalue weighted by molar-refractivity contribution is 0.164. The van der Waals surface area contributed by atoms with Crippen LogP contribution < -0.4 is 15.6 Å². The van der Waals surface area contributed by atoms with Crippen LogP contribution in [-0.2, 0) is 28.4 Å². The van der Waals surface area contributed by atoms with E-state index in [0.29, 0.717) is 5.88 Å². The Morgan fingerprint density at radius 3 is 2.68 bits per heavy atom. The highest BCUT2D eigenvalue weighted by molar-refractivity contribution is 7.89. The predicted octanol–water partition coefficient (Wildman–Crippen LogP) is 2.79. The maximum atomic E-state index is 11.5. The number of fused-ring (bicyclic) bond motifs is 1. The van der Waals surface area contributed by atoms with Crippen molar-refractivity contribution >= 4 is 15.7 Å². The quantitative estimate of drug-likeness (QED) is 0.567.